The van der Waals surface area contributed by atoms with Crippen LogP contribution in [-0.4, -0.2) is 45.2 Å². The molecule has 38 heavy (non-hydrogen) atoms. The highest BCUT2D eigenvalue weighted by molar-refractivity contribution is 5.92. The van der Waals surface area contributed by atoms with E-state index in [0.29, 0.717) is 34.3 Å². The molecule has 1 N–H and O–H groups in total. The third-order valence-electron chi connectivity index (χ3n) is 7.72. The van der Waals surface area contributed by atoms with Gasteiger partial charge in [0.15, 0.2) is 5.65 Å². The van der Waals surface area contributed by atoms with E-state index in [1.165, 1.54) is 6.07 Å². The van der Waals surface area contributed by atoms with Crippen molar-refractivity contribution in [3.63, 3.8) is 0 Å². The maximum atomic E-state index is 15.2. The first-order valence-electron chi connectivity index (χ1n) is 13.5. The Kier molecular flexibility index (Phi) is 6.22. The predicted octanol–water partition coefficient (Wildman–Crippen LogP) is 5.09. The molecule has 2 fully saturated rings. The summed E-state index contributed by atoms with van der Waals surface area (Å²) in [5.41, 5.74) is 4.59. The van der Waals surface area contributed by atoms with E-state index >= 15 is 4.39 Å². The van der Waals surface area contributed by atoms with E-state index in [1.807, 2.05) is 19.1 Å². The molecule has 1 saturated carbocycles. The zero-order valence-corrected chi connectivity index (χ0v) is 22.3. The summed E-state index contributed by atoms with van der Waals surface area (Å²) in [5.74, 6) is 0.732. The van der Waals surface area contributed by atoms with Crippen LogP contribution < -0.4 is 15.9 Å². The topological polar surface area (TPSA) is 75.9 Å². The van der Waals surface area contributed by atoms with Crippen molar-refractivity contribution in [2.24, 2.45) is 0 Å². The summed E-state index contributed by atoms with van der Waals surface area (Å²) in [7, 11) is 0. The van der Waals surface area contributed by atoms with Crippen molar-refractivity contribution in [2.45, 2.75) is 58.4 Å². The lowest BCUT2D eigenvalue weighted by Gasteiger charge is -2.35. The molecule has 1 aliphatic heterocycles. The predicted molar refractivity (Wildman–Crippen MR) is 149 cm³/mol. The Balaban J connectivity index is 1.74. The number of fused-ring (bicyclic) bond motifs is 1. The van der Waals surface area contributed by atoms with Crippen molar-refractivity contribution in [1.82, 2.24) is 24.8 Å². The zero-order valence-electron chi connectivity index (χ0n) is 22.3. The van der Waals surface area contributed by atoms with Gasteiger partial charge in [-0.05, 0) is 73.9 Å². The first-order valence-corrected chi connectivity index (χ1v) is 13.5. The molecule has 6 rings (SSSR count). The van der Waals surface area contributed by atoms with Crippen molar-refractivity contribution in [2.75, 3.05) is 24.5 Å². The molecule has 0 amide bonds. The Bertz CT molecular complexity index is 1590. The van der Waals surface area contributed by atoms with Crippen LogP contribution >= 0.6 is 0 Å². The highest BCUT2D eigenvalue weighted by Gasteiger charge is 2.32. The molecule has 8 heteroatoms. The Morgan fingerprint density at radius 3 is 2.63 bits per heavy atom. The number of pyridine rings is 2. The number of aryl methyl sites for hydroxylation is 1. The Morgan fingerprint density at radius 1 is 1.13 bits per heavy atom. The van der Waals surface area contributed by atoms with E-state index in [1.54, 1.807) is 22.9 Å². The van der Waals surface area contributed by atoms with Crippen LogP contribution in [0.1, 0.15) is 62.3 Å². The van der Waals surface area contributed by atoms with E-state index < -0.39 is 5.69 Å². The fraction of sp³-hybridized carbons (Fsp3) is 0.400. The first kappa shape index (κ1) is 24.7. The number of nitrogens with one attached hydrogen (secondary N) is 1. The van der Waals surface area contributed by atoms with E-state index in [2.05, 4.69) is 42.0 Å². The van der Waals surface area contributed by atoms with Crippen molar-refractivity contribution < 1.29 is 4.39 Å². The molecule has 196 valence electrons. The maximum Gasteiger partial charge on any atom is 0.355 e. The molecule has 1 aromatic carbocycles. The lowest BCUT2D eigenvalue weighted by Crippen LogP contribution is -2.50. The minimum atomic E-state index is -0.401. The van der Waals surface area contributed by atoms with Gasteiger partial charge in [0, 0.05) is 37.4 Å². The summed E-state index contributed by atoms with van der Waals surface area (Å²) in [6, 6.07) is 10.9. The van der Waals surface area contributed by atoms with Gasteiger partial charge in [0.25, 0.3) is 0 Å². The van der Waals surface area contributed by atoms with Crippen LogP contribution in [0.3, 0.4) is 0 Å². The second kappa shape index (κ2) is 9.58. The molecule has 4 heterocycles. The van der Waals surface area contributed by atoms with Gasteiger partial charge in [-0.15, -0.1) is 0 Å². The third-order valence-corrected chi connectivity index (χ3v) is 7.72. The third kappa shape index (κ3) is 4.17. The molecule has 1 aliphatic carbocycles. The number of halogens is 1. The lowest BCUT2D eigenvalue weighted by atomic mass is 10.00. The smallest absolute Gasteiger partial charge is 0.351 e. The number of anilines is 1. The quantitative estimate of drug-likeness (QED) is 0.402. The molecule has 0 spiro atoms. The molecular weight excluding hydrogens is 479 g/mol. The molecule has 1 saturated heterocycles. The van der Waals surface area contributed by atoms with Crippen LogP contribution in [0, 0.1) is 12.7 Å². The Labute approximate surface area is 221 Å². The summed E-state index contributed by atoms with van der Waals surface area (Å²) < 4.78 is 16.8. The van der Waals surface area contributed by atoms with Crippen molar-refractivity contribution in [3.05, 3.63) is 75.7 Å². The average Bonchev–Trinajstić information content (AvgIpc) is 3.74. The lowest BCUT2D eigenvalue weighted by molar-refractivity contribution is 0.497. The summed E-state index contributed by atoms with van der Waals surface area (Å²) in [4.78, 5) is 30.6. The SMILES string of the molecule is Cc1ccnc(C(C)C)c1-n1c(=O)nc(N2CCNC[C@@H]2C)c2cc(C3CC3)c(-c3ccccc3F)nc21. The molecule has 3 aromatic heterocycles. The number of aromatic nitrogens is 4. The van der Waals surface area contributed by atoms with Gasteiger partial charge < -0.3 is 10.2 Å². The van der Waals surface area contributed by atoms with E-state index in [4.69, 9.17) is 9.97 Å². The molecule has 2 aliphatic rings. The molecular formula is C30H33FN6O. The monoisotopic (exact) mass is 512 g/mol. The molecule has 1 atom stereocenters. The van der Waals surface area contributed by atoms with E-state index in [-0.39, 0.29) is 17.8 Å². The number of benzene rings is 1. The van der Waals surface area contributed by atoms with Crippen molar-refractivity contribution >= 4 is 16.9 Å². The van der Waals surface area contributed by atoms with Crippen LogP contribution in [0.5, 0.6) is 0 Å². The first-order chi connectivity index (χ1) is 18.3. The summed E-state index contributed by atoms with van der Waals surface area (Å²) in [6.07, 6.45) is 3.86. The van der Waals surface area contributed by atoms with Gasteiger partial charge in [-0.1, -0.05) is 26.0 Å². The van der Waals surface area contributed by atoms with Crippen LogP contribution in [0.15, 0.2) is 47.4 Å². The molecule has 0 bridgehead atoms. The largest absolute Gasteiger partial charge is 0.355 e. The van der Waals surface area contributed by atoms with Crippen molar-refractivity contribution in [1.29, 1.82) is 0 Å². The van der Waals surface area contributed by atoms with Crippen LogP contribution in [0.4, 0.5) is 10.2 Å². The van der Waals surface area contributed by atoms with Crippen LogP contribution in [0.25, 0.3) is 28.0 Å². The van der Waals surface area contributed by atoms with Crippen LogP contribution in [0.2, 0.25) is 0 Å². The maximum absolute atomic E-state index is 15.2. The normalized spacial score (nSPS) is 17.9. The average molecular weight is 513 g/mol. The summed E-state index contributed by atoms with van der Waals surface area (Å²) in [5, 5.41) is 4.24. The van der Waals surface area contributed by atoms with Gasteiger partial charge in [-0.3, -0.25) is 4.98 Å². The Morgan fingerprint density at radius 2 is 1.92 bits per heavy atom. The van der Waals surface area contributed by atoms with Crippen molar-refractivity contribution in [3.8, 4) is 16.9 Å². The second-order valence-corrected chi connectivity index (χ2v) is 10.9. The molecule has 0 unspecified atom stereocenters. The zero-order chi connectivity index (χ0) is 26.6. The van der Waals surface area contributed by atoms with E-state index in [9.17, 15) is 4.79 Å². The number of piperazine rings is 1. The highest BCUT2D eigenvalue weighted by atomic mass is 19.1. The molecule has 0 radical (unpaired) electrons. The highest BCUT2D eigenvalue weighted by Crippen LogP contribution is 2.46. The van der Waals surface area contributed by atoms with Gasteiger partial charge >= 0.3 is 5.69 Å². The number of hydrogen-bond donors (Lipinski definition) is 1. The summed E-state index contributed by atoms with van der Waals surface area (Å²) in [6.45, 7) is 10.6. The molecule has 4 aromatic rings. The molecule has 7 nitrogen and oxygen atoms in total. The van der Waals surface area contributed by atoms with Gasteiger partial charge in [0.2, 0.25) is 0 Å². The fourth-order valence-electron chi connectivity index (χ4n) is 5.58. The fourth-order valence-corrected chi connectivity index (χ4v) is 5.58. The second-order valence-electron chi connectivity index (χ2n) is 10.9. The number of rotatable bonds is 5. The van der Waals surface area contributed by atoms with Gasteiger partial charge in [0.05, 0.1) is 22.5 Å². The minimum absolute atomic E-state index is 0.0801. The van der Waals surface area contributed by atoms with Gasteiger partial charge in [0.1, 0.15) is 11.6 Å². The number of nitrogens with zero attached hydrogens (tertiary/aromatic N) is 5. The Hall–Kier alpha value is -3.65. The van der Waals surface area contributed by atoms with Gasteiger partial charge in [-0.25, -0.2) is 18.7 Å². The minimum Gasteiger partial charge on any atom is -0.351 e. The van der Waals surface area contributed by atoms with E-state index in [0.717, 1.165) is 54.7 Å². The van der Waals surface area contributed by atoms with Crippen LogP contribution in [-0.2, 0) is 0 Å². The van der Waals surface area contributed by atoms with Gasteiger partial charge in [-0.2, -0.15) is 4.98 Å². The summed E-state index contributed by atoms with van der Waals surface area (Å²) >= 11 is 0. The standard InChI is InChI=1S/C30H33FN6O/c1-17(2)25-27(18(3)11-12-33-25)37-29-23(28(35-30(37)38)36-14-13-32-16-19(36)4)15-22(20-9-10-20)26(34-29)21-7-5-6-8-24(21)31/h5-8,11-12,15,17,19-20,32H,9-10,13-14,16H2,1-4H3/t19-/m0/s1. The number of hydrogen-bond acceptors (Lipinski definition) is 6.